The maximum Gasteiger partial charge on any atom is 0.339 e. The fraction of sp³-hybridized carbons (Fsp3) is 0.0952. The van der Waals surface area contributed by atoms with Crippen molar-refractivity contribution in [2.45, 2.75) is 0 Å². The van der Waals surface area contributed by atoms with E-state index in [-0.39, 0.29) is 18.0 Å². The summed E-state index contributed by atoms with van der Waals surface area (Å²) in [7, 11) is 1.57. The number of amidine groups is 1. The Morgan fingerprint density at radius 2 is 2.10 bits per heavy atom. The van der Waals surface area contributed by atoms with Crippen LogP contribution in [0.25, 0.3) is 6.08 Å². The molecule has 0 atom stereocenters. The molecule has 0 radical (unpaired) electrons. The highest BCUT2D eigenvalue weighted by atomic mass is 32.2. The lowest BCUT2D eigenvalue weighted by atomic mass is 10.2. The van der Waals surface area contributed by atoms with Crippen LogP contribution in [0.2, 0.25) is 0 Å². The van der Waals surface area contributed by atoms with E-state index in [1.165, 1.54) is 34.9 Å². The average Bonchev–Trinajstić information content (AvgIpc) is 2.97. The molecular weight excluding hydrogens is 392 g/mol. The zero-order chi connectivity index (χ0) is 21.0. The lowest BCUT2D eigenvalue weighted by Crippen LogP contribution is -2.29. The number of hydrogen-bond acceptors (Lipinski definition) is 6. The van der Waals surface area contributed by atoms with Crippen LogP contribution in [-0.4, -0.2) is 45.8 Å². The lowest BCUT2D eigenvalue weighted by molar-refractivity contribution is -0.121. The Morgan fingerprint density at radius 3 is 2.76 bits per heavy atom. The fourth-order valence-electron chi connectivity index (χ4n) is 2.65. The van der Waals surface area contributed by atoms with Gasteiger partial charge in [-0.15, -0.1) is 6.58 Å². The molecule has 29 heavy (non-hydrogen) atoms. The molecule has 7 nitrogen and oxygen atoms in total. The van der Waals surface area contributed by atoms with Crippen LogP contribution in [0.3, 0.4) is 0 Å². The molecule has 0 unspecified atom stereocenters. The first kappa shape index (κ1) is 20.2. The van der Waals surface area contributed by atoms with Gasteiger partial charge in [0.25, 0.3) is 5.91 Å². The molecule has 0 spiro atoms. The van der Waals surface area contributed by atoms with Crippen molar-refractivity contribution in [2.75, 3.05) is 13.7 Å². The zero-order valence-corrected chi connectivity index (χ0v) is 16.3. The standard InChI is InChI=1S/C21H18N2O5S/c1-3-9-23-19(25)18(11-13-5-4-6-15(10-13)28-2)29-21(23)22-14-7-8-16(20(26)27)17(24)12-14/h3-8,10-12,24H,1,9H2,2H3,(H,26,27)/b18-11-,22-21?. The number of thioether (sulfide) groups is 1. The molecule has 0 bridgehead atoms. The summed E-state index contributed by atoms with van der Waals surface area (Å²) in [5.41, 5.74) is 0.925. The van der Waals surface area contributed by atoms with Gasteiger partial charge in [0.05, 0.1) is 17.7 Å². The maximum absolute atomic E-state index is 12.8. The largest absolute Gasteiger partial charge is 0.507 e. The number of aliphatic imine (C=N–C) groups is 1. The summed E-state index contributed by atoms with van der Waals surface area (Å²) >= 11 is 1.19. The molecule has 148 valence electrons. The third kappa shape index (κ3) is 4.49. The van der Waals surface area contributed by atoms with Gasteiger partial charge in [0.2, 0.25) is 0 Å². The van der Waals surface area contributed by atoms with Crippen LogP contribution < -0.4 is 4.74 Å². The summed E-state index contributed by atoms with van der Waals surface area (Å²) in [5, 5.41) is 19.3. The second-order valence-electron chi connectivity index (χ2n) is 5.99. The molecule has 8 heteroatoms. The normalized spacial score (nSPS) is 16.4. The molecule has 1 aliphatic rings. The number of rotatable bonds is 6. The Kier molecular flexibility index (Phi) is 6.04. The van der Waals surface area contributed by atoms with Gasteiger partial charge in [-0.3, -0.25) is 9.69 Å². The number of carboxylic acid groups (broad SMARTS) is 1. The van der Waals surface area contributed by atoms with E-state index < -0.39 is 11.7 Å². The van der Waals surface area contributed by atoms with Crippen LogP contribution in [0, 0.1) is 0 Å². The van der Waals surface area contributed by atoms with Crippen LogP contribution in [0.5, 0.6) is 11.5 Å². The second kappa shape index (κ2) is 8.66. The van der Waals surface area contributed by atoms with Crippen molar-refractivity contribution in [1.29, 1.82) is 0 Å². The van der Waals surface area contributed by atoms with Crippen LogP contribution in [-0.2, 0) is 4.79 Å². The van der Waals surface area contributed by atoms with Gasteiger partial charge in [0, 0.05) is 12.6 Å². The third-order valence-corrected chi connectivity index (χ3v) is 5.03. The van der Waals surface area contributed by atoms with E-state index in [0.717, 1.165) is 5.56 Å². The minimum atomic E-state index is -1.23. The van der Waals surface area contributed by atoms with Crippen molar-refractivity contribution in [1.82, 2.24) is 4.90 Å². The van der Waals surface area contributed by atoms with Crippen molar-refractivity contribution in [3.63, 3.8) is 0 Å². The van der Waals surface area contributed by atoms with E-state index in [9.17, 15) is 14.7 Å². The molecule has 1 aliphatic heterocycles. The predicted octanol–water partition coefficient (Wildman–Crippen LogP) is 3.89. The number of nitrogens with zero attached hydrogens (tertiary/aromatic N) is 2. The molecule has 0 aliphatic carbocycles. The highest BCUT2D eigenvalue weighted by molar-refractivity contribution is 8.18. The first-order valence-electron chi connectivity index (χ1n) is 8.54. The molecule has 1 heterocycles. The Labute approximate surface area is 171 Å². The number of hydrogen-bond donors (Lipinski definition) is 2. The molecule has 0 aromatic heterocycles. The van der Waals surface area contributed by atoms with Gasteiger partial charge in [-0.25, -0.2) is 9.79 Å². The molecule has 0 saturated carbocycles. The first-order valence-corrected chi connectivity index (χ1v) is 9.36. The Hall–Kier alpha value is -3.52. The monoisotopic (exact) mass is 410 g/mol. The smallest absolute Gasteiger partial charge is 0.339 e. The minimum Gasteiger partial charge on any atom is -0.507 e. The summed E-state index contributed by atoms with van der Waals surface area (Å²) < 4.78 is 5.21. The van der Waals surface area contributed by atoms with Gasteiger partial charge in [0.15, 0.2) is 5.17 Å². The third-order valence-electron chi connectivity index (χ3n) is 4.03. The molecule has 1 fully saturated rings. The van der Waals surface area contributed by atoms with E-state index in [4.69, 9.17) is 9.84 Å². The SMILES string of the molecule is C=CCN1C(=O)/C(=C/c2cccc(OC)c2)SC1=Nc1ccc(C(=O)O)c(O)c1. The van der Waals surface area contributed by atoms with Crippen molar-refractivity contribution >= 4 is 40.6 Å². The van der Waals surface area contributed by atoms with Gasteiger partial charge in [-0.05, 0) is 47.7 Å². The summed E-state index contributed by atoms with van der Waals surface area (Å²) in [5.74, 6) is -1.16. The molecule has 2 aromatic rings. The van der Waals surface area contributed by atoms with Crippen LogP contribution in [0.4, 0.5) is 5.69 Å². The van der Waals surface area contributed by atoms with Crippen molar-refractivity contribution < 1.29 is 24.5 Å². The zero-order valence-electron chi connectivity index (χ0n) is 15.5. The number of ether oxygens (including phenoxy) is 1. The summed E-state index contributed by atoms with van der Waals surface area (Å²) in [6, 6.07) is 11.3. The molecule has 2 N–H and O–H groups in total. The van der Waals surface area contributed by atoms with E-state index >= 15 is 0 Å². The number of aromatic carboxylic acids is 1. The van der Waals surface area contributed by atoms with Gasteiger partial charge in [0.1, 0.15) is 17.1 Å². The summed E-state index contributed by atoms with van der Waals surface area (Å²) in [6.07, 6.45) is 3.34. The van der Waals surface area contributed by atoms with Crippen molar-refractivity contribution in [3.8, 4) is 11.5 Å². The topological polar surface area (TPSA) is 99.4 Å². The number of carbonyl (C=O) groups excluding carboxylic acids is 1. The van der Waals surface area contributed by atoms with Gasteiger partial charge in [-0.1, -0.05) is 18.2 Å². The summed E-state index contributed by atoms with van der Waals surface area (Å²) in [6.45, 7) is 3.94. The Balaban J connectivity index is 1.96. The number of aromatic hydroxyl groups is 1. The van der Waals surface area contributed by atoms with E-state index in [2.05, 4.69) is 11.6 Å². The molecule has 3 rings (SSSR count). The Bertz CT molecular complexity index is 1050. The molecule has 1 amide bonds. The van der Waals surface area contributed by atoms with E-state index in [1.807, 2.05) is 24.3 Å². The minimum absolute atomic E-state index is 0.217. The second-order valence-corrected chi connectivity index (χ2v) is 7.00. The highest BCUT2D eigenvalue weighted by Crippen LogP contribution is 2.35. The number of phenols is 1. The lowest BCUT2D eigenvalue weighted by Gasteiger charge is -2.12. The quantitative estimate of drug-likeness (QED) is 0.554. The van der Waals surface area contributed by atoms with Crippen molar-refractivity contribution in [3.05, 3.63) is 71.2 Å². The van der Waals surface area contributed by atoms with Gasteiger partial charge >= 0.3 is 5.97 Å². The number of carbonyl (C=O) groups is 2. The van der Waals surface area contributed by atoms with Gasteiger partial charge in [-0.2, -0.15) is 0 Å². The Morgan fingerprint density at radius 1 is 1.31 bits per heavy atom. The fourth-order valence-corrected chi connectivity index (χ4v) is 3.65. The van der Waals surface area contributed by atoms with Crippen LogP contribution >= 0.6 is 11.8 Å². The number of benzene rings is 2. The molecular formula is C21H18N2O5S. The maximum atomic E-state index is 12.8. The van der Waals surface area contributed by atoms with Crippen LogP contribution in [0.1, 0.15) is 15.9 Å². The average molecular weight is 410 g/mol. The van der Waals surface area contributed by atoms with Crippen LogP contribution in [0.15, 0.2) is 65.0 Å². The summed E-state index contributed by atoms with van der Waals surface area (Å²) in [4.78, 5) is 30.2. The van der Waals surface area contributed by atoms with E-state index in [0.29, 0.717) is 21.5 Å². The predicted molar refractivity (Wildman–Crippen MR) is 113 cm³/mol. The number of amides is 1. The highest BCUT2D eigenvalue weighted by Gasteiger charge is 2.32. The number of carboxylic acids is 1. The molecule has 1 saturated heterocycles. The van der Waals surface area contributed by atoms with Gasteiger partial charge < -0.3 is 14.9 Å². The van der Waals surface area contributed by atoms with Crippen molar-refractivity contribution in [2.24, 2.45) is 4.99 Å². The first-order chi connectivity index (χ1) is 13.9. The molecule has 2 aromatic carbocycles. The van der Waals surface area contributed by atoms with E-state index in [1.54, 1.807) is 19.3 Å². The number of methoxy groups -OCH3 is 1.